The van der Waals surface area contributed by atoms with Gasteiger partial charge in [-0.25, -0.2) is 0 Å². The van der Waals surface area contributed by atoms with Crippen LogP contribution in [0.15, 0.2) is 81.2 Å². The zero-order valence-corrected chi connectivity index (χ0v) is 18.8. The van der Waals surface area contributed by atoms with E-state index in [0.29, 0.717) is 11.1 Å². The molecule has 0 radical (unpaired) electrons. The van der Waals surface area contributed by atoms with Crippen LogP contribution in [0.3, 0.4) is 0 Å². The van der Waals surface area contributed by atoms with Crippen LogP contribution in [-0.2, 0) is 0 Å². The second-order valence-electron chi connectivity index (χ2n) is 6.24. The lowest BCUT2D eigenvalue weighted by Crippen LogP contribution is -2.11. The molecule has 2 heterocycles. The van der Waals surface area contributed by atoms with E-state index in [-0.39, 0.29) is 0 Å². The van der Waals surface area contributed by atoms with Gasteiger partial charge in [-0.3, -0.25) is 9.59 Å². The number of benzene rings is 2. The lowest BCUT2D eigenvalue weighted by molar-refractivity contribution is 0.0989. The fourth-order valence-corrected chi connectivity index (χ4v) is 8.37. The first kappa shape index (κ1) is 20.7. The molecule has 2 aromatic carbocycles. The van der Waals surface area contributed by atoms with Gasteiger partial charge in [0.15, 0.2) is 0 Å². The van der Waals surface area contributed by atoms with Crippen LogP contribution in [0.5, 0.6) is 0 Å². The molecule has 30 heavy (non-hydrogen) atoms. The molecule has 8 heteroatoms. The van der Waals surface area contributed by atoms with Gasteiger partial charge in [0.1, 0.15) is 0 Å². The maximum absolute atomic E-state index is 12.0. The minimum atomic E-state index is -0.472. The van der Waals surface area contributed by atoms with Crippen molar-refractivity contribution in [2.75, 3.05) is 0 Å². The van der Waals surface area contributed by atoms with Crippen molar-refractivity contribution < 1.29 is 9.59 Å². The number of amides is 2. The monoisotopic (exact) mass is 468 g/mol. The summed E-state index contributed by atoms with van der Waals surface area (Å²) in [4.78, 5) is 27.6. The van der Waals surface area contributed by atoms with Crippen LogP contribution in [-0.4, -0.2) is 11.8 Å². The Hall–Kier alpha value is -2.52. The molecule has 0 saturated carbocycles. The molecule has 0 aliphatic carbocycles. The van der Waals surface area contributed by atoms with Crippen molar-refractivity contribution in [2.24, 2.45) is 11.5 Å². The van der Waals surface area contributed by atoms with Crippen molar-refractivity contribution in [1.82, 2.24) is 0 Å². The molecule has 4 rings (SSSR count). The lowest BCUT2D eigenvalue weighted by Gasteiger charge is -2.08. The quantitative estimate of drug-likeness (QED) is 0.319. The van der Waals surface area contributed by atoms with Crippen LogP contribution < -0.4 is 11.5 Å². The minimum absolute atomic E-state index is 0.472. The summed E-state index contributed by atoms with van der Waals surface area (Å²) in [6, 6.07) is 19.7. The first-order valence-corrected chi connectivity index (χ1v) is 12.7. The second-order valence-corrected chi connectivity index (χ2v) is 10.2. The molecular formula is C22H16N2O2S4. The Morgan fingerprint density at radius 1 is 0.633 bits per heavy atom. The smallest absolute Gasteiger partial charge is 0.250 e. The van der Waals surface area contributed by atoms with Crippen LogP contribution in [0.4, 0.5) is 0 Å². The van der Waals surface area contributed by atoms with Gasteiger partial charge in [0, 0.05) is 30.3 Å². The van der Waals surface area contributed by atoms with Gasteiger partial charge in [-0.1, -0.05) is 82.3 Å². The van der Waals surface area contributed by atoms with Gasteiger partial charge in [-0.05, 0) is 11.1 Å². The maximum Gasteiger partial charge on any atom is 0.250 e. The molecule has 4 aromatic rings. The average molecular weight is 469 g/mol. The van der Waals surface area contributed by atoms with Gasteiger partial charge in [-0.2, -0.15) is 0 Å². The predicted molar refractivity (Wildman–Crippen MR) is 128 cm³/mol. The van der Waals surface area contributed by atoms with Gasteiger partial charge in [0.05, 0.1) is 11.1 Å². The number of thiophene rings is 2. The number of hydrogen-bond acceptors (Lipinski definition) is 6. The Labute approximate surface area is 189 Å². The van der Waals surface area contributed by atoms with Gasteiger partial charge >= 0.3 is 0 Å². The Morgan fingerprint density at radius 2 is 1.00 bits per heavy atom. The van der Waals surface area contributed by atoms with E-state index >= 15 is 0 Å². The average Bonchev–Trinajstić information content (AvgIpc) is 3.38. The van der Waals surface area contributed by atoms with Crippen molar-refractivity contribution in [2.45, 2.75) is 9.79 Å². The normalized spacial score (nSPS) is 10.8. The summed E-state index contributed by atoms with van der Waals surface area (Å²) in [6.07, 6.45) is 0. The number of nitrogens with two attached hydrogens (primary N) is 2. The summed E-state index contributed by atoms with van der Waals surface area (Å²) in [5.41, 5.74) is 14.2. The fraction of sp³-hybridized carbons (Fsp3) is 0. The van der Waals surface area contributed by atoms with Crippen LogP contribution >= 0.6 is 44.3 Å². The van der Waals surface area contributed by atoms with Gasteiger partial charge in [-0.15, -0.1) is 22.7 Å². The van der Waals surface area contributed by atoms with E-state index in [2.05, 4.69) is 0 Å². The molecule has 0 spiro atoms. The Bertz CT molecular complexity index is 1100. The van der Waals surface area contributed by atoms with Crippen LogP contribution in [0, 0.1) is 0 Å². The van der Waals surface area contributed by atoms with Gasteiger partial charge < -0.3 is 11.5 Å². The molecule has 0 atom stereocenters. The Kier molecular flexibility index (Phi) is 6.29. The number of hydrogen-bond donors (Lipinski definition) is 2. The summed E-state index contributed by atoms with van der Waals surface area (Å²) in [5.74, 6) is -0.944. The summed E-state index contributed by atoms with van der Waals surface area (Å²) in [7, 11) is 2.85. The molecule has 0 aliphatic rings. The van der Waals surface area contributed by atoms with Crippen molar-refractivity contribution in [3.05, 3.63) is 82.6 Å². The molecule has 0 bridgehead atoms. The van der Waals surface area contributed by atoms with Crippen LogP contribution in [0.1, 0.15) is 20.7 Å². The highest BCUT2D eigenvalue weighted by molar-refractivity contribution is 8.76. The third kappa shape index (κ3) is 4.17. The van der Waals surface area contributed by atoms with E-state index in [1.54, 1.807) is 10.8 Å². The maximum atomic E-state index is 12.0. The topological polar surface area (TPSA) is 86.2 Å². The third-order valence-corrected chi connectivity index (χ3v) is 9.13. The molecule has 0 saturated heterocycles. The first-order chi connectivity index (χ1) is 14.6. The minimum Gasteiger partial charge on any atom is -0.366 e. The summed E-state index contributed by atoms with van der Waals surface area (Å²) < 4.78 is 0. The summed E-state index contributed by atoms with van der Waals surface area (Å²) in [6.45, 7) is 0. The van der Waals surface area contributed by atoms with E-state index in [1.165, 1.54) is 44.3 Å². The third-order valence-electron chi connectivity index (χ3n) is 4.30. The van der Waals surface area contributed by atoms with Crippen molar-refractivity contribution in [3.8, 4) is 20.9 Å². The Balaban J connectivity index is 1.74. The number of rotatable bonds is 7. The van der Waals surface area contributed by atoms with Crippen molar-refractivity contribution >= 4 is 56.1 Å². The molecule has 0 fully saturated rings. The molecule has 4 nitrogen and oxygen atoms in total. The summed E-state index contributed by atoms with van der Waals surface area (Å²) in [5, 5.41) is 3.57. The van der Waals surface area contributed by atoms with Gasteiger partial charge in [0.2, 0.25) is 0 Å². The second kappa shape index (κ2) is 9.09. The molecule has 4 N–H and O–H groups in total. The number of primary amides is 2. The Morgan fingerprint density at radius 3 is 1.33 bits per heavy atom. The molecule has 0 aliphatic heterocycles. The van der Waals surface area contributed by atoms with Crippen molar-refractivity contribution in [1.29, 1.82) is 0 Å². The highest BCUT2D eigenvalue weighted by Gasteiger charge is 2.22. The van der Waals surface area contributed by atoms with E-state index < -0.39 is 11.8 Å². The largest absolute Gasteiger partial charge is 0.366 e. The van der Waals surface area contributed by atoms with Crippen molar-refractivity contribution in [3.63, 3.8) is 0 Å². The highest BCUT2D eigenvalue weighted by Crippen LogP contribution is 2.51. The van der Waals surface area contributed by atoms with E-state index in [9.17, 15) is 9.59 Å². The predicted octanol–water partition coefficient (Wildman–Crippen LogP) is 6.14. The van der Waals surface area contributed by atoms with Gasteiger partial charge in [0.25, 0.3) is 11.8 Å². The molecule has 150 valence electrons. The zero-order valence-electron chi connectivity index (χ0n) is 15.5. The number of carbonyl (C=O) groups is 2. The lowest BCUT2D eigenvalue weighted by atomic mass is 10.1. The SMILES string of the molecule is NC(=O)c1csc(-c2ccccc2)c1SSc1c(C(N)=O)csc1-c1ccccc1. The fourth-order valence-electron chi connectivity index (χ4n) is 2.86. The van der Waals surface area contributed by atoms with E-state index in [0.717, 1.165) is 30.7 Å². The molecule has 2 aromatic heterocycles. The standard InChI is InChI=1S/C22H16N2O2S4/c23-21(25)15-11-27-17(13-7-3-1-4-8-13)19(15)29-30-20-16(22(24)26)12-28-18(20)14-9-5-2-6-10-14/h1-12H,(H2,23,25)(H2,24,26). The number of carbonyl (C=O) groups excluding carboxylic acids is 2. The molecular weight excluding hydrogens is 453 g/mol. The van der Waals surface area contributed by atoms with Crippen LogP contribution in [0.25, 0.3) is 20.9 Å². The van der Waals surface area contributed by atoms with E-state index in [4.69, 9.17) is 11.5 Å². The molecule has 0 unspecified atom stereocenters. The highest BCUT2D eigenvalue weighted by atomic mass is 33.1. The zero-order chi connectivity index (χ0) is 21.1. The summed E-state index contributed by atoms with van der Waals surface area (Å²) >= 11 is 2.96. The first-order valence-electron chi connectivity index (χ1n) is 8.84. The molecule has 2 amide bonds. The van der Waals surface area contributed by atoms with Crippen LogP contribution in [0.2, 0.25) is 0 Å². The van der Waals surface area contributed by atoms with E-state index in [1.807, 2.05) is 60.7 Å².